The van der Waals surface area contributed by atoms with Gasteiger partial charge in [-0.15, -0.1) is 6.58 Å². The van der Waals surface area contributed by atoms with E-state index in [2.05, 4.69) is 25.3 Å². The van der Waals surface area contributed by atoms with Crippen LogP contribution in [0.5, 0.6) is 0 Å². The average molecular weight is 472 g/mol. The summed E-state index contributed by atoms with van der Waals surface area (Å²) in [5.41, 5.74) is 0.496. The second kappa shape index (κ2) is 9.38. The molecule has 1 aromatic rings. The van der Waals surface area contributed by atoms with Gasteiger partial charge in [0.15, 0.2) is 0 Å². The van der Waals surface area contributed by atoms with E-state index < -0.39 is 41.5 Å². The topological polar surface area (TPSA) is 111 Å². The molecule has 0 saturated carbocycles. The second-order valence-corrected chi connectivity index (χ2v) is 9.08. The van der Waals surface area contributed by atoms with Crippen molar-refractivity contribution < 1.29 is 29.3 Å². The summed E-state index contributed by atoms with van der Waals surface area (Å²) in [6.07, 6.45) is 1.95. The summed E-state index contributed by atoms with van der Waals surface area (Å²) in [5.74, 6) is -3.79. The largest absolute Gasteiger partial charge is 0.481 e. The number of rotatable bonds is 10. The molecule has 34 heavy (non-hydrogen) atoms. The predicted octanol–water partition coefficient (Wildman–Crippen LogP) is 1.50. The molecule has 3 aliphatic heterocycles. The highest BCUT2D eigenvalue weighted by Gasteiger charge is 2.74. The van der Waals surface area contributed by atoms with Gasteiger partial charge in [0.25, 0.3) is 5.91 Å². The maximum atomic E-state index is 14.1. The summed E-state index contributed by atoms with van der Waals surface area (Å²) in [4.78, 5) is 44.5. The highest BCUT2D eigenvalue weighted by atomic mass is 16.5. The predicted molar refractivity (Wildman–Crippen MR) is 127 cm³/mol. The Balaban J connectivity index is 1.71. The first-order valence-corrected chi connectivity index (χ1v) is 11.9. The lowest BCUT2D eigenvalue weighted by Crippen LogP contribution is -2.56. The summed E-state index contributed by atoms with van der Waals surface area (Å²) >= 11 is 0. The quantitative estimate of drug-likeness (QED) is 0.498. The number of β-amino-alcohol motifs (C(OH)–C–C–N with tert-alkyl or cyclic N) is 1. The molecule has 3 fully saturated rings. The van der Waals surface area contributed by atoms with Crippen LogP contribution in [0.3, 0.4) is 0 Å². The number of hydrogen-bond donors (Lipinski definition) is 2. The van der Waals surface area contributed by atoms with Gasteiger partial charge in [0.2, 0.25) is 5.91 Å². The Morgan fingerprint density at radius 1 is 1.24 bits per heavy atom. The molecule has 3 saturated heterocycles. The first kappa shape index (κ1) is 24.2. The van der Waals surface area contributed by atoms with Crippen molar-refractivity contribution in [1.29, 1.82) is 0 Å². The number of amides is 2. The van der Waals surface area contributed by atoms with E-state index in [0.717, 1.165) is 18.8 Å². The molecule has 1 spiro atoms. The highest BCUT2D eigenvalue weighted by molar-refractivity contribution is 6.04. The molecule has 184 valence electrons. The zero-order valence-corrected chi connectivity index (χ0v) is 19.7. The molecule has 2 N–H and O–H groups in total. The van der Waals surface area contributed by atoms with Gasteiger partial charge in [-0.2, -0.15) is 0 Å². The van der Waals surface area contributed by atoms with Crippen LogP contribution >= 0.6 is 0 Å². The van der Waals surface area contributed by atoms with Crippen LogP contribution in [0.15, 0.2) is 36.9 Å². The monoisotopic (exact) mass is 471 g/mol. The van der Waals surface area contributed by atoms with E-state index in [4.69, 9.17) is 4.74 Å². The van der Waals surface area contributed by atoms with Crippen LogP contribution in [0.2, 0.25) is 0 Å². The van der Waals surface area contributed by atoms with Gasteiger partial charge in [0, 0.05) is 37.6 Å². The summed E-state index contributed by atoms with van der Waals surface area (Å²) in [6.45, 7) is 9.49. The molecular formula is C25H33N3O6. The minimum absolute atomic E-state index is 0.0588. The standard InChI is InChI=1S/C25H33N3O6/c1-4-13-27(17-9-7-16(8-10-17)26(5-2)6-3)23(31)21-25-12-11-18(34-25)19(24(32)33)20(25)22(30)28(21)14-15-29/h4,7-10,18-21,29H,1,5-6,11-15H2,2-3H3,(H,32,33)/t18-,19+,20+,21?,25?/m1/s1. The number of nitrogens with zero attached hydrogens (tertiary/aromatic N) is 3. The van der Waals surface area contributed by atoms with Gasteiger partial charge in [-0.1, -0.05) is 6.08 Å². The van der Waals surface area contributed by atoms with Crippen molar-refractivity contribution in [3.63, 3.8) is 0 Å². The Hall–Kier alpha value is -2.91. The third-order valence-corrected chi connectivity index (χ3v) is 7.53. The summed E-state index contributed by atoms with van der Waals surface area (Å²) in [6, 6.07) is 6.63. The van der Waals surface area contributed by atoms with E-state index >= 15 is 0 Å². The number of benzene rings is 1. The number of anilines is 2. The van der Waals surface area contributed by atoms with Gasteiger partial charge in [-0.05, 0) is 51.0 Å². The van der Waals surface area contributed by atoms with Gasteiger partial charge < -0.3 is 29.6 Å². The van der Waals surface area contributed by atoms with Crippen LogP contribution in [0.4, 0.5) is 11.4 Å². The van der Waals surface area contributed by atoms with Gasteiger partial charge in [-0.25, -0.2) is 0 Å². The lowest BCUT2D eigenvalue weighted by Gasteiger charge is -2.36. The number of likely N-dealkylation sites (tertiary alicyclic amines) is 1. The lowest BCUT2D eigenvalue weighted by atomic mass is 9.70. The molecule has 0 aliphatic carbocycles. The minimum Gasteiger partial charge on any atom is -0.481 e. The van der Waals surface area contributed by atoms with E-state index in [0.29, 0.717) is 18.5 Å². The molecule has 0 aromatic heterocycles. The summed E-state index contributed by atoms with van der Waals surface area (Å²) in [7, 11) is 0. The summed E-state index contributed by atoms with van der Waals surface area (Å²) < 4.78 is 6.18. The van der Waals surface area contributed by atoms with Gasteiger partial charge in [-0.3, -0.25) is 14.4 Å². The van der Waals surface area contributed by atoms with E-state index in [9.17, 15) is 24.6 Å². The molecule has 5 atom stereocenters. The number of aliphatic hydroxyl groups is 1. The Labute approximate surface area is 199 Å². The maximum absolute atomic E-state index is 14.1. The van der Waals surface area contributed by atoms with Crippen molar-refractivity contribution in [3.8, 4) is 0 Å². The number of carbonyl (C=O) groups is 3. The molecule has 4 rings (SSSR count). The molecule has 3 heterocycles. The Morgan fingerprint density at radius 3 is 2.44 bits per heavy atom. The fourth-order valence-electron chi connectivity index (χ4n) is 6.09. The highest BCUT2D eigenvalue weighted by Crippen LogP contribution is 2.58. The van der Waals surface area contributed by atoms with Crippen LogP contribution in [-0.4, -0.2) is 83.4 Å². The summed E-state index contributed by atoms with van der Waals surface area (Å²) in [5, 5.41) is 19.4. The SMILES string of the molecule is C=CCN(C(=O)C1N(CCO)C(=O)[C@@H]2[C@@H](C(=O)O)[C@H]3CCC12O3)c1ccc(N(CC)CC)cc1. The molecule has 9 heteroatoms. The number of carbonyl (C=O) groups excluding carboxylic acids is 2. The molecule has 0 radical (unpaired) electrons. The maximum Gasteiger partial charge on any atom is 0.310 e. The fraction of sp³-hybridized carbons (Fsp3) is 0.560. The van der Waals surface area contributed by atoms with Crippen molar-refractivity contribution in [1.82, 2.24) is 4.90 Å². The number of carboxylic acid groups (broad SMARTS) is 1. The van der Waals surface area contributed by atoms with E-state index in [-0.39, 0.29) is 25.6 Å². The second-order valence-electron chi connectivity index (χ2n) is 9.08. The number of aliphatic hydroxyl groups excluding tert-OH is 1. The molecule has 2 unspecified atom stereocenters. The Bertz CT molecular complexity index is 962. The van der Waals surface area contributed by atoms with E-state index in [1.807, 2.05) is 24.3 Å². The van der Waals surface area contributed by atoms with Crippen molar-refractivity contribution >= 4 is 29.2 Å². The van der Waals surface area contributed by atoms with Gasteiger partial charge in [0.05, 0.1) is 24.5 Å². The van der Waals surface area contributed by atoms with Crippen molar-refractivity contribution in [2.75, 3.05) is 42.6 Å². The van der Waals surface area contributed by atoms with E-state index in [1.54, 1.807) is 11.0 Å². The van der Waals surface area contributed by atoms with Crippen LogP contribution in [-0.2, 0) is 19.1 Å². The normalized spacial score (nSPS) is 29.3. The smallest absolute Gasteiger partial charge is 0.310 e. The van der Waals surface area contributed by atoms with Crippen LogP contribution < -0.4 is 9.80 Å². The van der Waals surface area contributed by atoms with Crippen LogP contribution in [0.25, 0.3) is 0 Å². The third kappa shape index (κ3) is 3.58. The van der Waals surface area contributed by atoms with Crippen molar-refractivity contribution in [2.24, 2.45) is 11.8 Å². The third-order valence-electron chi connectivity index (χ3n) is 7.53. The molecular weight excluding hydrogens is 438 g/mol. The van der Waals surface area contributed by atoms with E-state index in [1.165, 1.54) is 4.90 Å². The first-order valence-electron chi connectivity index (χ1n) is 11.9. The zero-order chi connectivity index (χ0) is 24.6. The van der Waals surface area contributed by atoms with Gasteiger partial charge in [0.1, 0.15) is 11.6 Å². The average Bonchev–Trinajstić information content (AvgIpc) is 3.46. The minimum atomic E-state index is -1.20. The van der Waals surface area contributed by atoms with Crippen LogP contribution in [0.1, 0.15) is 26.7 Å². The molecule has 2 bridgehead atoms. The molecule has 9 nitrogen and oxygen atoms in total. The molecule has 2 amide bonds. The molecule has 3 aliphatic rings. The van der Waals surface area contributed by atoms with Gasteiger partial charge >= 0.3 is 5.97 Å². The first-order chi connectivity index (χ1) is 16.3. The lowest BCUT2D eigenvalue weighted by molar-refractivity contribution is -0.149. The molecule has 1 aromatic carbocycles. The number of aliphatic carboxylic acids is 1. The van der Waals surface area contributed by atoms with Crippen molar-refractivity contribution in [2.45, 2.75) is 44.4 Å². The number of ether oxygens (including phenoxy) is 1. The Morgan fingerprint density at radius 2 is 1.88 bits per heavy atom. The van der Waals surface area contributed by atoms with Crippen molar-refractivity contribution in [3.05, 3.63) is 36.9 Å². The number of hydrogen-bond acceptors (Lipinski definition) is 6. The zero-order valence-electron chi connectivity index (χ0n) is 19.7. The number of carboxylic acids is 1. The fourth-order valence-corrected chi connectivity index (χ4v) is 6.09. The Kier molecular flexibility index (Phi) is 6.69. The van der Waals surface area contributed by atoms with Crippen LogP contribution in [0, 0.1) is 11.8 Å². The number of fused-ring (bicyclic) bond motifs is 1.